The number of aliphatic hydroxyl groups is 1. The molecule has 0 aliphatic carbocycles. The molecule has 1 atom stereocenters. The molecule has 0 radical (unpaired) electrons. The van der Waals surface area contributed by atoms with Gasteiger partial charge in [-0.05, 0) is 18.8 Å². The van der Waals surface area contributed by atoms with Gasteiger partial charge in [0.25, 0.3) is 0 Å². The number of likely N-dealkylation sites (tertiary alicyclic amines) is 1. The van der Waals surface area contributed by atoms with Gasteiger partial charge in [0.05, 0.1) is 0 Å². The van der Waals surface area contributed by atoms with Crippen LogP contribution in [0.3, 0.4) is 0 Å². The van der Waals surface area contributed by atoms with E-state index in [9.17, 15) is 4.79 Å². The first-order valence-corrected chi connectivity index (χ1v) is 5.40. The molecule has 0 aromatic rings. The van der Waals surface area contributed by atoms with Crippen molar-refractivity contribution in [1.82, 2.24) is 4.90 Å². The molecule has 0 unspecified atom stereocenters. The van der Waals surface area contributed by atoms with Crippen molar-refractivity contribution < 1.29 is 9.90 Å². The molecule has 1 heterocycles. The molecule has 1 aliphatic heterocycles. The quantitative estimate of drug-likeness (QED) is 0.653. The van der Waals surface area contributed by atoms with Crippen molar-refractivity contribution in [3.63, 3.8) is 0 Å². The van der Waals surface area contributed by atoms with Gasteiger partial charge in [-0.1, -0.05) is 20.8 Å². The zero-order valence-corrected chi connectivity index (χ0v) is 10.2. The van der Waals surface area contributed by atoms with Gasteiger partial charge in [0, 0.05) is 27.1 Å². The van der Waals surface area contributed by atoms with Crippen molar-refractivity contribution in [2.24, 2.45) is 5.92 Å². The van der Waals surface area contributed by atoms with Gasteiger partial charge in [-0.3, -0.25) is 4.79 Å². The molecule has 3 nitrogen and oxygen atoms in total. The molecule has 14 heavy (non-hydrogen) atoms. The van der Waals surface area contributed by atoms with Gasteiger partial charge in [-0.25, -0.2) is 0 Å². The number of piperidine rings is 1. The third kappa shape index (κ3) is 6.89. The number of hydrogen-bond acceptors (Lipinski definition) is 2. The third-order valence-corrected chi connectivity index (χ3v) is 2.10. The topological polar surface area (TPSA) is 40.5 Å². The number of nitrogens with zero attached hydrogens (tertiary/aromatic N) is 1. The summed E-state index contributed by atoms with van der Waals surface area (Å²) in [6.45, 7) is 9.79. The Labute approximate surface area is 88.1 Å². The fourth-order valence-electron chi connectivity index (χ4n) is 1.48. The standard InChI is InChI=1S/C8H15NO.C2H6.CH4O/c1-7-4-3-5-9(6-7)8(2)10;2*1-2/h7H,3-6H2,1-2H3;1-2H3;2H,1H3/t7-;;/m1../s1. The summed E-state index contributed by atoms with van der Waals surface area (Å²) < 4.78 is 0. The van der Waals surface area contributed by atoms with Crippen LogP contribution in [0.5, 0.6) is 0 Å². The summed E-state index contributed by atoms with van der Waals surface area (Å²) >= 11 is 0. The maximum Gasteiger partial charge on any atom is 0.219 e. The number of rotatable bonds is 0. The maximum absolute atomic E-state index is 10.9. The molecule has 0 spiro atoms. The van der Waals surface area contributed by atoms with Crippen LogP contribution in [-0.4, -0.2) is 36.1 Å². The Hall–Kier alpha value is -0.570. The molecule has 0 aromatic carbocycles. The van der Waals surface area contributed by atoms with E-state index in [0.29, 0.717) is 5.92 Å². The van der Waals surface area contributed by atoms with Crippen LogP contribution in [0, 0.1) is 5.92 Å². The first kappa shape index (κ1) is 15.9. The van der Waals surface area contributed by atoms with Crippen molar-refractivity contribution in [1.29, 1.82) is 0 Å². The summed E-state index contributed by atoms with van der Waals surface area (Å²) in [7, 11) is 1.00. The molecule has 0 bridgehead atoms. The average Bonchev–Trinajstić information content (AvgIpc) is 2.24. The lowest BCUT2D eigenvalue weighted by Crippen LogP contribution is -2.37. The van der Waals surface area contributed by atoms with Crippen LogP contribution in [0.4, 0.5) is 0 Å². The highest BCUT2D eigenvalue weighted by atomic mass is 16.2. The average molecular weight is 203 g/mol. The van der Waals surface area contributed by atoms with Crippen LogP contribution in [0.15, 0.2) is 0 Å². The van der Waals surface area contributed by atoms with Gasteiger partial charge in [-0.15, -0.1) is 0 Å². The van der Waals surface area contributed by atoms with Crippen molar-refractivity contribution >= 4 is 5.91 Å². The molecule has 86 valence electrons. The number of aliphatic hydroxyl groups excluding tert-OH is 1. The van der Waals surface area contributed by atoms with Gasteiger partial charge < -0.3 is 10.0 Å². The fraction of sp³-hybridized carbons (Fsp3) is 0.909. The van der Waals surface area contributed by atoms with E-state index < -0.39 is 0 Å². The first-order valence-electron chi connectivity index (χ1n) is 5.40. The molecular weight excluding hydrogens is 178 g/mol. The highest BCUT2D eigenvalue weighted by Crippen LogP contribution is 2.14. The van der Waals surface area contributed by atoms with E-state index in [0.717, 1.165) is 20.2 Å². The first-order chi connectivity index (χ1) is 6.70. The van der Waals surface area contributed by atoms with Crippen molar-refractivity contribution in [3.05, 3.63) is 0 Å². The van der Waals surface area contributed by atoms with Crippen LogP contribution >= 0.6 is 0 Å². The molecule has 1 aliphatic rings. The van der Waals surface area contributed by atoms with Gasteiger partial charge in [-0.2, -0.15) is 0 Å². The van der Waals surface area contributed by atoms with E-state index in [1.165, 1.54) is 12.8 Å². The maximum atomic E-state index is 10.9. The zero-order valence-electron chi connectivity index (χ0n) is 10.2. The van der Waals surface area contributed by atoms with Crippen molar-refractivity contribution in [2.45, 2.75) is 40.5 Å². The van der Waals surface area contributed by atoms with E-state index in [4.69, 9.17) is 5.11 Å². The minimum absolute atomic E-state index is 0.228. The smallest absolute Gasteiger partial charge is 0.219 e. The van der Waals surface area contributed by atoms with Crippen LogP contribution in [0.1, 0.15) is 40.5 Å². The third-order valence-electron chi connectivity index (χ3n) is 2.10. The van der Waals surface area contributed by atoms with Crippen molar-refractivity contribution in [2.75, 3.05) is 20.2 Å². The predicted octanol–water partition coefficient (Wildman–Crippen LogP) is 1.90. The normalized spacial score (nSPS) is 19.9. The Balaban J connectivity index is 0. The number of amides is 1. The monoisotopic (exact) mass is 203 g/mol. The summed E-state index contributed by atoms with van der Waals surface area (Å²) in [4.78, 5) is 12.8. The Kier molecular flexibility index (Phi) is 11.9. The molecule has 1 amide bonds. The number of hydrogen-bond donors (Lipinski definition) is 1. The lowest BCUT2D eigenvalue weighted by Gasteiger charge is -2.29. The highest BCUT2D eigenvalue weighted by molar-refractivity contribution is 5.73. The second-order valence-electron chi connectivity index (χ2n) is 3.21. The summed E-state index contributed by atoms with van der Waals surface area (Å²) in [5.41, 5.74) is 0. The summed E-state index contributed by atoms with van der Waals surface area (Å²) in [6.07, 6.45) is 2.46. The van der Waals surface area contributed by atoms with E-state index in [1.54, 1.807) is 6.92 Å². The van der Waals surface area contributed by atoms with Gasteiger partial charge in [0.15, 0.2) is 0 Å². The lowest BCUT2D eigenvalue weighted by molar-refractivity contribution is -0.130. The lowest BCUT2D eigenvalue weighted by atomic mass is 10.0. The Morgan fingerprint density at radius 3 is 2.14 bits per heavy atom. The van der Waals surface area contributed by atoms with E-state index in [1.807, 2.05) is 18.7 Å². The summed E-state index contributed by atoms with van der Waals surface area (Å²) in [5.74, 6) is 0.934. The van der Waals surface area contributed by atoms with Crippen LogP contribution < -0.4 is 0 Å². The Bertz CT molecular complexity index is 137. The van der Waals surface area contributed by atoms with Gasteiger partial charge in [0.2, 0.25) is 5.91 Å². The SMILES string of the molecule is CC.CC(=O)N1CCC[C@@H](C)C1.CO. The number of carbonyl (C=O) groups excluding carboxylic acids is 1. The molecule has 1 fully saturated rings. The Morgan fingerprint density at radius 2 is 1.86 bits per heavy atom. The second kappa shape index (κ2) is 10.5. The molecule has 1 saturated heterocycles. The van der Waals surface area contributed by atoms with Gasteiger partial charge in [0.1, 0.15) is 0 Å². The Morgan fingerprint density at radius 1 is 1.36 bits per heavy atom. The van der Waals surface area contributed by atoms with E-state index >= 15 is 0 Å². The summed E-state index contributed by atoms with van der Waals surface area (Å²) in [5, 5.41) is 7.00. The van der Waals surface area contributed by atoms with E-state index in [-0.39, 0.29) is 5.91 Å². The van der Waals surface area contributed by atoms with Crippen LogP contribution in [0.25, 0.3) is 0 Å². The highest BCUT2D eigenvalue weighted by Gasteiger charge is 2.17. The summed E-state index contributed by atoms with van der Waals surface area (Å²) in [6, 6.07) is 0. The molecular formula is C11H25NO2. The molecule has 1 rings (SSSR count). The minimum Gasteiger partial charge on any atom is -0.400 e. The predicted molar refractivity (Wildman–Crippen MR) is 60.1 cm³/mol. The minimum atomic E-state index is 0.228. The van der Waals surface area contributed by atoms with Gasteiger partial charge >= 0.3 is 0 Å². The fourth-order valence-corrected chi connectivity index (χ4v) is 1.48. The number of carbonyl (C=O) groups is 1. The second-order valence-corrected chi connectivity index (χ2v) is 3.21. The molecule has 3 heteroatoms. The zero-order chi connectivity index (χ0) is 11.6. The van der Waals surface area contributed by atoms with Crippen LogP contribution in [0.2, 0.25) is 0 Å². The van der Waals surface area contributed by atoms with Crippen LogP contribution in [-0.2, 0) is 4.79 Å². The largest absolute Gasteiger partial charge is 0.400 e. The molecule has 1 N–H and O–H groups in total. The van der Waals surface area contributed by atoms with E-state index in [2.05, 4.69) is 6.92 Å². The van der Waals surface area contributed by atoms with Crippen molar-refractivity contribution in [3.8, 4) is 0 Å². The molecule has 0 aromatic heterocycles. The molecule has 0 saturated carbocycles.